The van der Waals surface area contributed by atoms with Crippen molar-refractivity contribution >= 4 is 5.97 Å². The fourth-order valence-electron chi connectivity index (χ4n) is 2.30. The van der Waals surface area contributed by atoms with E-state index < -0.39 is 5.97 Å². The van der Waals surface area contributed by atoms with Gasteiger partial charge in [0.1, 0.15) is 0 Å². The molecule has 0 spiro atoms. The van der Waals surface area contributed by atoms with Crippen LogP contribution in [0.5, 0.6) is 11.5 Å². The smallest absolute Gasteiger partial charge is 1.00 e. The molecule has 5 heteroatoms. The Balaban J connectivity index is 0. The molecule has 1 aromatic rings. The topological polar surface area (TPSA) is 55.8 Å². The summed E-state index contributed by atoms with van der Waals surface area (Å²) in [5.74, 6) is 0.231. The van der Waals surface area contributed by atoms with E-state index in [-0.39, 0.29) is 36.5 Å². The van der Waals surface area contributed by atoms with Crippen molar-refractivity contribution < 1.29 is 50.4 Å². The Morgan fingerprint density at radius 2 is 1.46 bits per heavy atom. The van der Waals surface area contributed by atoms with Crippen LogP contribution in [-0.4, -0.2) is 24.3 Å². The molecule has 4 nitrogen and oxygen atoms in total. The fraction of sp³-hybridized carbons (Fsp3) is 0.632. The molecule has 0 aliphatic carbocycles. The Hall–Kier alpha value is -0.710. The summed E-state index contributed by atoms with van der Waals surface area (Å²) in [7, 11) is 0. The minimum atomic E-state index is -0.949. The van der Waals surface area contributed by atoms with Crippen LogP contribution in [0.25, 0.3) is 0 Å². The predicted molar refractivity (Wildman–Crippen MR) is 93.8 cm³/mol. The minimum Gasteiger partial charge on any atom is -1.00 e. The molecule has 0 saturated heterocycles. The van der Waals surface area contributed by atoms with Crippen LogP contribution < -0.4 is 39.0 Å². The van der Waals surface area contributed by atoms with Crippen molar-refractivity contribution in [2.45, 2.75) is 65.2 Å². The van der Waals surface area contributed by atoms with Gasteiger partial charge in [-0.05, 0) is 31.0 Å². The van der Waals surface area contributed by atoms with E-state index in [1.807, 2.05) is 0 Å². The van der Waals surface area contributed by atoms with Crippen molar-refractivity contribution in [2.75, 3.05) is 13.2 Å². The summed E-state index contributed by atoms with van der Waals surface area (Å²) in [5, 5.41) is 9.12. The van der Waals surface area contributed by atoms with E-state index >= 15 is 0 Å². The number of hydrogen-bond acceptors (Lipinski definition) is 3. The maximum Gasteiger partial charge on any atom is 1.00 e. The van der Waals surface area contributed by atoms with Gasteiger partial charge in [-0.15, -0.1) is 0 Å². The Morgan fingerprint density at radius 3 is 1.96 bits per heavy atom. The number of carboxylic acid groups (broad SMARTS) is 1. The molecule has 0 saturated carbocycles. The summed E-state index contributed by atoms with van der Waals surface area (Å²) >= 11 is 0. The van der Waals surface area contributed by atoms with Gasteiger partial charge in [-0.2, -0.15) is 0 Å². The van der Waals surface area contributed by atoms with Crippen molar-refractivity contribution in [3.8, 4) is 11.5 Å². The third-order valence-corrected chi connectivity index (χ3v) is 3.70. The number of carboxylic acids is 1. The van der Waals surface area contributed by atoms with Crippen LogP contribution >= 0.6 is 0 Å². The SMILES string of the molecule is CCCCCCOc1ccc(C(=O)O)cc1OCCCCCC.[H-].[Na+]. The third kappa shape index (κ3) is 9.55. The summed E-state index contributed by atoms with van der Waals surface area (Å²) in [4.78, 5) is 11.1. The van der Waals surface area contributed by atoms with Crippen LogP contribution in [0.3, 0.4) is 0 Å². The number of unbranched alkanes of at least 4 members (excludes halogenated alkanes) is 6. The molecule has 0 aliphatic rings. The summed E-state index contributed by atoms with van der Waals surface area (Å²) in [6, 6.07) is 4.82. The van der Waals surface area contributed by atoms with Crippen LogP contribution in [0, 0.1) is 0 Å². The number of benzene rings is 1. The maximum atomic E-state index is 11.1. The molecule has 0 aliphatic heterocycles. The maximum absolute atomic E-state index is 11.1. The Kier molecular flexibility index (Phi) is 14.2. The van der Waals surface area contributed by atoms with Crippen molar-refractivity contribution in [2.24, 2.45) is 0 Å². The summed E-state index contributed by atoms with van der Waals surface area (Å²) < 4.78 is 11.5. The Labute approximate surface area is 169 Å². The number of ether oxygens (including phenoxy) is 2. The first kappa shape index (κ1) is 23.3. The molecular weight excluding hydrogens is 315 g/mol. The van der Waals surface area contributed by atoms with Gasteiger partial charge in [0.25, 0.3) is 0 Å². The average molecular weight is 346 g/mol. The van der Waals surface area contributed by atoms with Gasteiger partial charge in [0.15, 0.2) is 11.5 Å². The molecule has 1 N–H and O–H groups in total. The fourth-order valence-corrected chi connectivity index (χ4v) is 2.30. The van der Waals surface area contributed by atoms with Gasteiger partial charge in [-0.3, -0.25) is 0 Å². The summed E-state index contributed by atoms with van der Waals surface area (Å²) in [6.07, 6.45) is 9.03. The molecule has 132 valence electrons. The van der Waals surface area contributed by atoms with E-state index in [9.17, 15) is 4.79 Å². The molecule has 0 bridgehead atoms. The van der Waals surface area contributed by atoms with E-state index in [1.165, 1.54) is 25.7 Å². The van der Waals surface area contributed by atoms with Crippen molar-refractivity contribution in [1.29, 1.82) is 0 Å². The van der Waals surface area contributed by atoms with Gasteiger partial charge >= 0.3 is 35.5 Å². The molecule has 0 amide bonds. The van der Waals surface area contributed by atoms with E-state index in [2.05, 4.69) is 13.8 Å². The zero-order valence-electron chi connectivity index (χ0n) is 16.5. The minimum absolute atomic E-state index is 0. The van der Waals surface area contributed by atoms with Gasteiger partial charge in [-0.1, -0.05) is 52.4 Å². The number of rotatable bonds is 13. The van der Waals surface area contributed by atoms with Crippen molar-refractivity contribution in [3.63, 3.8) is 0 Å². The van der Waals surface area contributed by atoms with Crippen LogP contribution in [-0.2, 0) is 0 Å². The van der Waals surface area contributed by atoms with Crippen LogP contribution in [0.15, 0.2) is 18.2 Å². The molecule has 0 atom stereocenters. The van der Waals surface area contributed by atoms with Gasteiger partial charge in [-0.25, -0.2) is 4.79 Å². The normalized spacial score (nSPS) is 10.1. The molecular formula is C19H31NaO4. The number of aromatic carboxylic acids is 1. The first-order valence-corrected chi connectivity index (χ1v) is 8.82. The third-order valence-electron chi connectivity index (χ3n) is 3.70. The van der Waals surface area contributed by atoms with Crippen LogP contribution in [0.2, 0.25) is 0 Å². The average Bonchev–Trinajstić information content (AvgIpc) is 2.55. The van der Waals surface area contributed by atoms with Crippen LogP contribution in [0.4, 0.5) is 0 Å². The molecule has 24 heavy (non-hydrogen) atoms. The quantitative estimate of drug-likeness (QED) is 0.440. The van der Waals surface area contributed by atoms with Crippen LogP contribution in [0.1, 0.15) is 77.0 Å². The van der Waals surface area contributed by atoms with Crippen molar-refractivity contribution in [1.82, 2.24) is 0 Å². The second-order valence-electron chi connectivity index (χ2n) is 5.78. The molecule has 1 aromatic carbocycles. The first-order chi connectivity index (χ1) is 11.2. The molecule has 0 heterocycles. The predicted octanol–water partition coefficient (Wildman–Crippen LogP) is 2.42. The first-order valence-electron chi connectivity index (χ1n) is 8.82. The van der Waals surface area contributed by atoms with E-state index in [1.54, 1.807) is 18.2 Å². The zero-order chi connectivity index (χ0) is 16.9. The monoisotopic (exact) mass is 346 g/mol. The molecule has 1 rings (SSSR count). The molecule has 0 fully saturated rings. The Morgan fingerprint density at radius 1 is 0.917 bits per heavy atom. The largest absolute Gasteiger partial charge is 1.00 e. The Bertz CT molecular complexity index is 469. The standard InChI is InChI=1S/C19H30O4.Na.H/c1-3-5-7-9-13-22-17-12-11-16(19(20)21)15-18(17)23-14-10-8-6-4-2;;/h11-12,15H,3-10,13-14H2,1-2H3,(H,20,21);;/q;+1;-1. The van der Waals surface area contributed by atoms with Gasteiger partial charge < -0.3 is 16.0 Å². The van der Waals surface area contributed by atoms with E-state index in [0.29, 0.717) is 24.7 Å². The van der Waals surface area contributed by atoms with Gasteiger partial charge in [0.2, 0.25) is 0 Å². The van der Waals surface area contributed by atoms with Crippen molar-refractivity contribution in [3.05, 3.63) is 23.8 Å². The molecule has 0 aromatic heterocycles. The number of hydrogen-bond donors (Lipinski definition) is 1. The second-order valence-corrected chi connectivity index (χ2v) is 5.78. The summed E-state index contributed by atoms with van der Waals surface area (Å²) in [6.45, 7) is 5.57. The van der Waals surface area contributed by atoms with Gasteiger partial charge in [0.05, 0.1) is 18.8 Å². The number of carbonyl (C=O) groups is 1. The van der Waals surface area contributed by atoms with Gasteiger partial charge in [0, 0.05) is 0 Å². The molecule has 0 radical (unpaired) electrons. The zero-order valence-corrected chi connectivity index (χ0v) is 17.5. The summed E-state index contributed by atoms with van der Waals surface area (Å²) in [5.41, 5.74) is 0.229. The van der Waals surface area contributed by atoms with E-state index in [4.69, 9.17) is 14.6 Å². The second kappa shape index (κ2) is 14.6. The molecule has 0 unspecified atom stereocenters. The van der Waals surface area contributed by atoms with E-state index in [0.717, 1.165) is 25.7 Å².